The topological polar surface area (TPSA) is 71.8 Å². The van der Waals surface area contributed by atoms with Crippen molar-refractivity contribution in [2.24, 2.45) is 0 Å². The Kier molecular flexibility index (Phi) is 4.51. The summed E-state index contributed by atoms with van der Waals surface area (Å²) >= 11 is 0. The Morgan fingerprint density at radius 1 is 0.923 bits per heavy atom. The molecule has 6 heteroatoms. The molecular formula is C20H18N2O4. The third-order valence-corrected chi connectivity index (χ3v) is 4.38. The number of carbonyl (C=O) groups excluding carboxylic acids is 1. The van der Waals surface area contributed by atoms with Gasteiger partial charge in [-0.1, -0.05) is 48.5 Å². The minimum Gasteiger partial charge on any atom is -0.416 e. The number of amides is 1. The van der Waals surface area contributed by atoms with Crippen LogP contribution in [0.25, 0.3) is 21.9 Å². The molecule has 2 heterocycles. The van der Waals surface area contributed by atoms with Crippen molar-refractivity contribution in [1.29, 1.82) is 0 Å². The van der Waals surface area contributed by atoms with Crippen LogP contribution in [0, 0.1) is 0 Å². The van der Waals surface area contributed by atoms with E-state index >= 15 is 0 Å². The average molecular weight is 350 g/mol. The monoisotopic (exact) mass is 350 g/mol. The van der Waals surface area contributed by atoms with E-state index in [1.807, 2.05) is 42.5 Å². The van der Waals surface area contributed by atoms with Crippen molar-refractivity contribution < 1.29 is 13.9 Å². The third-order valence-electron chi connectivity index (χ3n) is 4.38. The molecule has 0 unspecified atom stereocenters. The van der Waals surface area contributed by atoms with Gasteiger partial charge in [0.25, 0.3) is 0 Å². The number of benzene rings is 2. The largest absolute Gasteiger partial charge is 0.416 e. The van der Waals surface area contributed by atoms with Crippen molar-refractivity contribution in [3.05, 3.63) is 70.8 Å². The van der Waals surface area contributed by atoms with Gasteiger partial charge >= 0.3 is 11.5 Å². The van der Waals surface area contributed by atoms with Gasteiger partial charge < -0.3 is 9.15 Å². The first-order valence-corrected chi connectivity index (χ1v) is 8.49. The second kappa shape index (κ2) is 7.11. The standard InChI is InChI=1S/C20H18N2O4/c23-19(21-22-10-12-25-13-11-22)18-17(14-6-2-1-3-7-14)15-8-4-5-9-16(15)20(24)26-18/h1-9H,10-13H2,(H,21,23). The predicted molar refractivity (Wildman–Crippen MR) is 97.8 cm³/mol. The van der Waals surface area contributed by atoms with Crippen LogP contribution < -0.4 is 11.1 Å². The molecular weight excluding hydrogens is 332 g/mol. The Morgan fingerprint density at radius 2 is 1.58 bits per heavy atom. The Hall–Kier alpha value is -2.96. The zero-order valence-corrected chi connectivity index (χ0v) is 14.1. The number of nitrogens with zero attached hydrogens (tertiary/aromatic N) is 1. The molecule has 1 aliphatic heterocycles. The third kappa shape index (κ3) is 3.12. The molecule has 4 rings (SSSR count). The normalized spacial score (nSPS) is 15.1. The van der Waals surface area contributed by atoms with Gasteiger partial charge in [-0.2, -0.15) is 0 Å². The minimum atomic E-state index is -0.521. The average Bonchev–Trinajstić information content (AvgIpc) is 2.69. The van der Waals surface area contributed by atoms with Crippen LogP contribution in [-0.2, 0) is 4.74 Å². The predicted octanol–water partition coefficient (Wildman–Crippen LogP) is 2.44. The molecule has 1 aliphatic rings. The van der Waals surface area contributed by atoms with E-state index in [-0.39, 0.29) is 5.76 Å². The van der Waals surface area contributed by atoms with Gasteiger partial charge in [0, 0.05) is 24.0 Å². The van der Waals surface area contributed by atoms with Crippen LogP contribution in [0.4, 0.5) is 0 Å². The fourth-order valence-corrected chi connectivity index (χ4v) is 3.12. The van der Waals surface area contributed by atoms with Gasteiger partial charge in [0.2, 0.25) is 5.76 Å². The summed E-state index contributed by atoms with van der Waals surface area (Å²) in [5.41, 5.74) is 3.73. The van der Waals surface area contributed by atoms with Crippen molar-refractivity contribution in [3.8, 4) is 11.1 Å². The van der Waals surface area contributed by atoms with Gasteiger partial charge in [0.1, 0.15) is 0 Å². The van der Waals surface area contributed by atoms with Crippen LogP contribution in [0.2, 0.25) is 0 Å². The maximum atomic E-state index is 12.9. The van der Waals surface area contributed by atoms with E-state index in [4.69, 9.17) is 9.15 Å². The summed E-state index contributed by atoms with van der Waals surface area (Å²) in [6, 6.07) is 16.6. The van der Waals surface area contributed by atoms with E-state index in [0.717, 1.165) is 5.56 Å². The van der Waals surface area contributed by atoms with Gasteiger partial charge in [-0.05, 0) is 11.6 Å². The molecule has 1 saturated heterocycles. The molecule has 1 amide bonds. The quantitative estimate of drug-likeness (QED) is 0.786. The summed E-state index contributed by atoms with van der Waals surface area (Å²) in [7, 11) is 0. The lowest BCUT2D eigenvalue weighted by Gasteiger charge is -2.27. The van der Waals surface area contributed by atoms with Crippen LogP contribution >= 0.6 is 0 Å². The van der Waals surface area contributed by atoms with E-state index in [2.05, 4.69) is 5.43 Å². The summed E-state index contributed by atoms with van der Waals surface area (Å²) in [4.78, 5) is 25.3. The fraction of sp³-hybridized carbons (Fsp3) is 0.200. The second-order valence-electron chi connectivity index (χ2n) is 6.05. The smallest absolute Gasteiger partial charge is 0.344 e. The lowest BCUT2D eigenvalue weighted by molar-refractivity contribution is 0.0117. The van der Waals surface area contributed by atoms with Crippen molar-refractivity contribution >= 4 is 16.7 Å². The summed E-state index contributed by atoms with van der Waals surface area (Å²) in [6.45, 7) is 2.27. The molecule has 6 nitrogen and oxygen atoms in total. The number of hydrogen-bond acceptors (Lipinski definition) is 5. The molecule has 2 aromatic carbocycles. The highest BCUT2D eigenvalue weighted by Crippen LogP contribution is 2.30. The first-order valence-electron chi connectivity index (χ1n) is 8.49. The summed E-state index contributed by atoms with van der Waals surface area (Å²) in [5, 5.41) is 2.92. The summed E-state index contributed by atoms with van der Waals surface area (Å²) in [6.07, 6.45) is 0. The molecule has 0 radical (unpaired) electrons. The lowest BCUT2D eigenvalue weighted by atomic mass is 9.98. The molecule has 26 heavy (non-hydrogen) atoms. The van der Waals surface area contributed by atoms with Crippen LogP contribution in [0.15, 0.2) is 63.8 Å². The molecule has 1 N–H and O–H groups in total. The number of ether oxygens (including phenoxy) is 1. The van der Waals surface area contributed by atoms with Crippen molar-refractivity contribution in [2.75, 3.05) is 26.3 Å². The minimum absolute atomic E-state index is 0.0198. The Morgan fingerprint density at radius 3 is 2.31 bits per heavy atom. The van der Waals surface area contributed by atoms with Crippen LogP contribution in [-0.4, -0.2) is 37.2 Å². The molecule has 0 bridgehead atoms. The molecule has 0 saturated carbocycles. The van der Waals surface area contributed by atoms with Crippen molar-refractivity contribution in [1.82, 2.24) is 10.4 Å². The first kappa shape index (κ1) is 16.5. The number of hydrazine groups is 1. The van der Waals surface area contributed by atoms with E-state index in [0.29, 0.717) is 42.6 Å². The number of morpholine rings is 1. The highest BCUT2D eigenvalue weighted by atomic mass is 16.5. The highest BCUT2D eigenvalue weighted by molar-refractivity contribution is 6.07. The Bertz CT molecular complexity index is 992. The lowest BCUT2D eigenvalue weighted by Crippen LogP contribution is -2.48. The van der Waals surface area contributed by atoms with Crippen LogP contribution in [0.5, 0.6) is 0 Å². The summed E-state index contributed by atoms with van der Waals surface area (Å²) < 4.78 is 10.7. The Labute approximate surface area is 150 Å². The number of fused-ring (bicyclic) bond motifs is 1. The maximum absolute atomic E-state index is 12.9. The zero-order chi connectivity index (χ0) is 17.9. The van der Waals surface area contributed by atoms with Gasteiger partial charge in [0.05, 0.1) is 18.6 Å². The summed E-state index contributed by atoms with van der Waals surface area (Å²) in [5.74, 6) is -0.417. The zero-order valence-electron chi connectivity index (χ0n) is 14.1. The Balaban J connectivity index is 1.85. The number of nitrogens with one attached hydrogen (secondary N) is 1. The number of carbonyl (C=O) groups is 1. The van der Waals surface area contributed by atoms with Gasteiger partial charge in [-0.25, -0.2) is 9.80 Å². The molecule has 0 aliphatic carbocycles. The molecule has 1 fully saturated rings. The first-order chi connectivity index (χ1) is 12.7. The van der Waals surface area contributed by atoms with E-state index in [9.17, 15) is 9.59 Å². The molecule has 0 spiro atoms. The fourth-order valence-electron chi connectivity index (χ4n) is 3.12. The SMILES string of the molecule is O=C(NN1CCOCC1)c1oc(=O)c2ccccc2c1-c1ccccc1. The van der Waals surface area contributed by atoms with Crippen LogP contribution in [0.1, 0.15) is 10.6 Å². The van der Waals surface area contributed by atoms with Crippen LogP contribution in [0.3, 0.4) is 0 Å². The molecule has 0 atom stereocenters. The number of hydrogen-bond donors (Lipinski definition) is 1. The van der Waals surface area contributed by atoms with Gasteiger partial charge in [0.15, 0.2) is 0 Å². The van der Waals surface area contributed by atoms with Gasteiger partial charge in [-0.15, -0.1) is 0 Å². The van der Waals surface area contributed by atoms with Crippen molar-refractivity contribution in [2.45, 2.75) is 0 Å². The van der Waals surface area contributed by atoms with E-state index in [1.165, 1.54) is 0 Å². The van der Waals surface area contributed by atoms with Gasteiger partial charge in [-0.3, -0.25) is 10.2 Å². The van der Waals surface area contributed by atoms with E-state index < -0.39 is 11.5 Å². The molecule has 1 aromatic heterocycles. The van der Waals surface area contributed by atoms with E-state index in [1.54, 1.807) is 17.1 Å². The maximum Gasteiger partial charge on any atom is 0.344 e. The van der Waals surface area contributed by atoms with Crippen molar-refractivity contribution in [3.63, 3.8) is 0 Å². The molecule has 3 aromatic rings. The number of rotatable bonds is 3. The second-order valence-corrected chi connectivity index (χ2v) is 6.05. The highest BCUT2D eigenvalue weighted by Gasteiger charge is 2.23. The molecule has 132 valence electrons.